The van der Waals surface area contributed by atoms with E-state index >= 15 is 0 Å². The van der Waals surface area contributed by atoms with Gasteiger partial charge in [-0.25, -0.2) is 0 Å². The van der Waals surface area contributed by atoms with E-state index in [-0.39, 0.29) is 11.4 Å². The normalized spacial score (nSPS) is 7.89. The van der Waals surface area contributed by atoms with Crippen molar-refractivity contribution in [1.82, 2.24) is 0 Å². The Labute approximate surface area is 163 Å². The molecule has 2 aromatic rings. The summed E-state index contributed by atoms with van der Waals surface area (Å²) in [5.74, 6) is 1.15. The zero-order valence-corrected chi connectivity index (χ0v) is 18.1. The van der Waals surface area contributed by atoms with Crippen molar-refractivity contribution in [1.29, 1.82) is 0 Å². The van der Waals surface area contributed by atoms with Crippen molar-refractivity contribution in [3.8, 4) is 23.0 Å². The van der Waals surface area contributed by atoms with Crippen molar-refractivity contribution >= 4 is 5.69 Å². The van der Waals surface area contributed by atoms with Crippen LogP contribution < -0.4 is 9.47 Å². The van der Waals surface area contributed by atoms with E-state index in [2.05, 4.69) is 0 Å². The Bertz CT molecular complexity index is 598. The summed E-state index contributed by atoms with van der Waals surface area (Å²) in [6.45, 7) is 16.0. The highest BCUT2D eigenvalue weighted by Gasteiger charge is 2.07. The molecule has 0 spiro atoms. The highest BCUT2D eigenvalue weighted by molar-refractivity contribution is 5.46. The van der Waals surface area contributed by atoms with Crippen LogP contribution in [0.15, 0.2) is 42.5 Å². The molecule has 154 valence electrons. The van der Waals surface area contributed by atoms with E-state index in [0.29, 0.717) is 17.2 Å². The van der Waals surface area contributed by atoms with Gasteiger partial charge in [0.1, 0.15) is 11.5 Å². The van der Waals surface area contributed by atoms with Gasteiger partial charge in [-0.05, 0) is 24.3 Å². The van der Waals surface area contributed by atoms with Gasteiger partial charge in [0.25, 0.3) is 5.69 Å². The maximum Gasteiger partial charge on any atom is 0.269 e. The quantitative estimate of drug-likeness (QED) is 0.447. The summed E-state index contributed by atoms with van der Waals surface area (Å²) in [5.41, 5.74) is -0.00933. The third-order valence-electron chi connectivity index (χ3n) is 2.43. The fraction of sp³-hybridized carbons (Fsp3) is 0.429. The molecule has 2 aromatic carbocycles. The van der Waals surface area contributed by atoms with Crippen LogP contribution in [0.4, 0.5) is 5.69 Å². The molecular weight excluding hydrogens is 346 g/mol. The van der Waals surface area contributed by atoms with Crippen molar-refractivity contribution in [3.63, 3.8) is 0 Å². The fourth-order valence-corrected chi connectivity index (χ4v) is 1.51. The maximum absolute atomic E-state index is 10.5. The molecule has 2 rings (SSSR count). The van der Waals surface area contributed by atoms with Crippen LogP contribution in [-0.4, -0.2) is 17.1 Å². The second-order valence-electron chi connectivity index (χ2n) is 3.69. The minimum atomic E-state index is -0.483. The van der Waals surface area contributed by atoms with Gasteiger partial charge in [0.2, 0.25) is 0 Å². The Morgan fingerprint density at radius 1 is 0.815 bits per heavy atom. The average molecular weight is 382 g/mol. The number of ether oxygens (including phenoxy) is 2. The molecular formula is C21H35NO5. The van der Waals surface area contributed by atoms with Crippen LogP contribution in [0.2, 0.25) is 0 Å². The largest absolute Gasteiger partial charge is 0.504 e. The second kappa shape index (κ2) is 19.6. The first-order valence-electron chi connectivity index (χ1n) is 9.39. The molecule has 6 heteroatoms. The lowest BCUT2D eigenvalue weighted by molar-refractivity contribution is -0.384. The molecule has 0 aliphatic rings. The zero-order valence-electron chi connectivity index (χ0n) is 18.1. The van der Waals surface area contributed by atoms with Crippen LogP contribution in [0.1, 0.15) is 55.4 Å². The summed E-state index contributed by atoms with van der Waals surface area (Å²) >= 11 is 0. The molecule has 0 unspecified atom stereocenters. The fourth-order valence-electron chi connectivity index (χ4n) is 1.51. The van der Waals surface area contributed by atoms with E-state index in [1.165, 1.54) is 37.4 Å². The summed E-state index contributed by atoms with van der Waals surface area (Å²) in [5, 5.41) is 20.1. The minimum Gasteiger partial charge on any atom is -0.504 e. The number of phenols is 1. The van der Waals surface area contributed by atoms with E-state index in [9.17, 15) is 15.2 Å². The number of hydrogen-bond donors (Lipinski definition) is 1. The third kappa shape index (κ3) is 11.5. The van der Waals surface area contributed by atoms with E-state index in [4.69, 9.17) is 9.47 Å². The van der Waals surface area contributed by atoms with Gasteiger partial charge in [0.05, 0.1) is 12.0 Å². The number of non-ortho nitro benzene ring substituents is 1. The number of rotatable bonds is 4. The third-order valence-corrected chi connectivity index (χ3v) is 2.43. The molecule has 0 saturated heterocycles. The molecule has 1 N–H and O–H groups in total. The van der Waals surface area contributed by atoms with E-state index in [1.54, 1.807) is 12.1 Å². The van der Waals surface area contributed by atoms with Crippen molar-refractivity contribution in [2.75, 3.05) is 7.11 Å². The van der Waals surface area contributed by atoms with Gasteiger partial charge in [0, 0.05) is 18.2 Å². The van der Waals surface area contributed by atoms with Gasteiger partial charge < -0.3 is 14.6 Å². The topological polar surface area (TPSA) is 81.8 Å². The number of benzene rings is 2. The van der Waals surface area contributed by atoms with Gasteiger partial charge >= 0.3 is 0 Å². The van der Waals surface area contributed by atoms with E-state index in [1.807, 2.05) is 55.4 Å². The van der Waals surface area contributed by atoms with Crippen LogP contribution in [0, 0.1) is 10.1 Å². The van der Waals surface area contributed by atoms with Gasteiger partial charge in [-0.1, -0.05) is 55.4 Å². The standard InChI is InChI=1S/C13H11NO5.4C2H6/c1-18-13-7-6-11(8-12(13)15)19-10-4-2-9(3-5-10)14(16)17;4*1-2/h2-8,15H,1H3;4*1-2H3. The number of aromatic hydroxyl groups is 1. The minimum absolute atomic E-state index is 0.00933. The van der Waals surface area contributed by atoms with Gasteiger partial charge in [0.15, 0.2) is 11.5 Å². The van der Waals surface area contributed by atoms with Crippen molar-refractivity contribution in [2.45, 2.75) is 55.4 Å². The molecule has 0 saturated carbocycles. The van der Waals surface area contributed by atoms with Crippen LogP contribution >= 0.6 is 0 Å². The number of hydrogen-bond acceptors (Lipinski definition) is 5. The average Bonchev–Trinajstić information content (AvgIpc) is 2.74. The molecule has 0 heterocycles. The molecule has 27 heavy (non-hydrogen) atoms. The maximum atomic E-state index is 10.5. The second-order valence-corrected chi connectivity index (χ2v) is 3.69. The van der Waals surface area contributed by atoms with Gasteiger partial charge in [-0.3, -0.25) is 10.1 Å². The van der Waals surface area contributed by atoms with Crippen molar-refractivity contribution in [3.05, 3.63) is 52.6 Å². The predicted octanol–water partition coefficient (Wildman–Crippen LogP) is 7.21. The number of nitrogens with zero attached hydrogens (tertiary/aromatic N) is 1. The summed E-state index contributed by atoms with van der Waals surface area (Å²) in [6.07, 6.45) is 0. The highest BCUT2D eigenvalue weighted by Crippen LogP contribution is 2.32. The highest BCUT2D eigenvalue weighted by atomic mass is 16.6. The Morgan fingerprint density at radius 2 is 1.26 bits per heavy atom. The molecule has 0 aliphatic carbocycles. The number of nitro groups is 1. The smallest absolute Gasteiger partial charge is 0.269 e. The number of nitro benzene ring substituents is 1. The number of methoxy groups -OCH3 is 1. The lowest BCUT2D eigenvalue weighted by Crippen LogP contribution is -1.89. The SMILES string of the molecule is CC.CC.CC.CC.COc1ccc(Oc2ccc([N+](=O)[O-])cc2)cc1O. The molecule has 6 nitrogen and oxygen atoms in total. The van der Waals surface area contributed by atoms with E-state index < -0.39 is 4.92 Å². The Morgan fingerprint density at radius 3 is 1.63 bits per heavy atom. The lowest BCUT2D eigenvalue weighted by atomic mass is 10.3. The van der Waals surface area contributed by atoms with Crippen LogP contribution in [-0.2, 0) is 0 Å². The molecule has 0 fully saturated rings. The summed E-state index contributed by atoms with van der Waals surface area (Å²) in [7, 11) is 1.45. The van der Waals surface area contributed by atoms with Crippen LogP contribution in [0.3, 0.4) is 0 Å². The summed E-state index contributed by atoms with van der Waals surface area (Å²) in [6, 6.07) is 10.3. The summed E-state index contributed by atoms with van der Waals surface area (Å²) in [4.78, 5) is 10.0. The Kier molecular flexibility index (Phi) is 21.0. The molecule has 0 atom stereocenters. The molecule has 0 radical (unpaired) electrons. The Hall–Kier alpha value is -2.76. The van der Waals surface area contributed by atoms with Crippen LogP contribution in [0.5, 0.6) is 23.0 Å². The summed E-state index contributed by atoms with van der Waals surface area (Å²) < 4.78 is 10.4. The first-order valence-corrected chi connectivity index (χ1v) is 9.39. The monoisotopic (exact) mass is 381 g/mol. The first-order chi connectivity index (χ1) is 13.1. The zero-order chi connectivity index (χ0) is 21.8. The molecule has 0 bridgehead atoms. The molecule has 0 amide bonds. The van der Waals surface area contributed by atoms with Gasteiger partial charge in [-0.2, -0.15) is 0 Å². The predicted molar refractivity (Wildman–Crippen MR) is 113 cm³/mol. The number of phenolic OH excluding ortho intramolecular Hbond substituents is 1. The Balaban J connectivity index is -0.000000638. The lowest BCUT2D eigenvalue weighted by Gasteiger charge is -2.08. The molecule has 0 aliphatic heterocycles. The van der Waals surface area contributed by atoms with Crippen molar-refractivity contribution < 1.29 is 19.5 Å². The molecule has 0 aromatic heterocycles. The van der Waals surface area contributed by atoms with Gasteiger partial charge in [-0.15, -0.1) is 0 Å². The van der Waals surface area contributed by atoms with E-state index in [0.717, 1.165) is 0 Å². The van der Waals surface area contributed by atoms with Crippen molar-refractivity contribution in [2.24, 2.45) is 0 Å². The van der Waals surface area contributed by atoms with Crippen LogP contribution in [0.25, 0.3) is 0 Å². The first kappa shape index (κ1) is 29.0.